The second-order valence-corrected chi connectivity index (χ2v) is 10.2. The zero-order valence-electron chi connectivity index (χ0n) is 22.9. The molecule has 0 aliphatic heterocycles. The molecule has 0 heterocycles. The van der Waals surface area contributed by atoms with Crippen molar-refractivity contribution in [3.05, 3.63) is 65.7 Å². The lowest BCUT2D eigenvalue weighted by Crippen LogP contribution is -2.59. The van der Waals surface area contributed by atoms with Gasteiger partial charge in [0, 0.05) is 12.8 Å². The summed E-state index contributed by atoms with van der Waals surface area (Å²) in [4.78, 5) is 51.5. The summed E-state index contributed by atoms with van der Waals surface area (Å²) in [6.45, 7) is 7.13. The van der Waals surface area contributed by atoms with Gasteiger partial charge in [0.25, 0.3) is 0 Å². The van der Waals surface area contributed by atoms with Crippen LogP contribution in [0.4, 0.5) is 0 Å². The molecule has 7 N–H and O–H groups in total. The van der Waals surface area contributed by atoms with Gasteiger partial charge in [-0.05, 0) is 35.1 Å². The number of phenolic OH excluding ortho intramolecular Hbond substituents is 1. The van der Waals surface area contributed by atoms with E-state index in [4.69, 9.17) is 5.73 Å². The number of benzene rings is 2. The van der Waals surface area contributed by atoms with E-state index in [1.807, 2.05) is 13.0 Å². The van der Waals surface area contributed by atoms with Crippen molar-refractivity contribution in [2.75, 3.05) is 0 Å². The summed E-state index contributed by atoms with van der Waals surface area (Å²) in [6, 6.07) is 11.0. The number of nitrogens with one attached hydrogen (secondary N) is 3. The molecular weight excluding hydrogens is 500 g/mol. The van der Waals surface area contributed by atoms with Crippen molar-refractivity contribution in [2.24, 2.45) is 17.6 Å². The molecule has 0 bridgehead atoms. The molecule has 10 nitrogen and oxygen atoms in total. The largest absolute Gasteiger partial charge is 0.508 e. The number of carboxylic acids is 1. The van der Waals surface area contributed by atoms with Crippen LogP contribution in [-0.2, 0) is 32.0 Å². The summed E-state index contributed by atoms with van der Waals surface area (Å²) in [7, 11) is 0. The first kappa shape index (κ1) is 31.3. The van der Waals surface area contributed by atoms with Crippen molar-refractivity contribution in [1.29, 1.82) is 0 Å². The Morgan fingerprint density at radius 1 is 0.769 bits per heavy atom. The molecule has 5 atom stereocenters. The van der Waals surface area contributed by atoms with E-state index >= 15 is 0 Å². The van der Waals surface area contributed by atoms with E-state index in [-0.39, 0.29) is 30.4 Å². The average Bonchev–Trinajstić information content (AvgIpc) is 2.91. The summed E-state index contributed by atoms with van der Waals surface area (Å²) in [5.74, 6) is -3.41. The van der Waals surface area contributed by atoms with E-state index in [1.165, 1.54) is 12.1 Å². The number of nitrogens with two attached hydrogens (primary N) is 1. The highest BCUT2D eigenvalue weighted by molar-refractivity contribution is 5.94. The van der Waals surface area contributed by atoms with E-state index in [1.54, 1.807) is 57.2 Å². The van der Waals surface area contributed by atoms with Gasteiger partial charge in [-0.3, -0.25) is 14.4 Å². The van der Waals surface area contributed by atoms with Gasteiger partial charge >= 0.3 is 5.97 Å². The number of hydrogen-bond donors (Lipinski definition) is 6. The smallest absolute Gasteiger partial charge is 0.326 e. The van der Waals surface area contributed by atoms with Gasteiger partial charge in [-0.1, -0.05) is 76.6 Å². The number of carboxylic acid groups (broad SMARTS) is 1. The second kappa shape index (κ2) is 14.9. The fourth-order valence-electron chi connectivity index (χ4n) is 3.92. The Bertz CT molecular complexity index is 1110. The highest BCUT2D eigenvalue weighted by Gasteiger charge is 2.32. The third-order valence-electron chi connectivity index (χ3n) is 6.72. The molecule has 2 aromatic carbocycles. The Morgan fingerprint density at radius 3 is 1.74 bits per heavy atom. The van der Waals surface area contributed by atoms with Gasteiger partial charge in [0.1, 0.15) is 23.9 Å². The monoisotopic (exact) mass is 540 g/mol. The number of phenols is 1. The van der Waals surface area contributed by atoms with Crippen molar-refractivity contribution in [1.82, 2.24) is 16.0 Å². The maximum absolute atomic E-state index is 13.5. The number of amides is 3. The SMILES string of the molecule is CCC(C)C(NC(=O)C(Cc1ccccc1)NC(=O)C(Cc1ccc(O)cc1)NC(=O)C(N)C(C)C)C(=O)O. The van der Waals surface area contributed by atoms with Crippen molar-refractivity contribution in [3.8, 4) is 5.75 Å². The predicted molar refractivity (Wildman–Crippen MR) is 148 cm³/mol. The van der Waals surface area contributed by atoms with E-state index in [9.17, 15) is 29.4 Å². The molecule has 2 rings (SSSR count). The Hall–Kier alpha value is -3.92. The molecule has 0 aliphatic carbocycles. The minimum Gasteiger partial charge on any atom is -0.508 e. The molecule has 10 heteroatoms. The van der Waals surface area contributed by atoms with E-state index in [0.29, 0.717) is 12.0 Å². The molecule has 0 fully saturated rings. The number of aromatic hydroxyl groups is 1. The quantitative estimate of drug-likeness (QED) is 0.212. The summed E-state index contributed by atoms with van der Waals surface area (Å²) in [6.07, 6.45) is 0.716. The lowest BCUT2D eigenvalue weighted by atomic mass is 9.97. The minimum atomic E-state index is -1.16. The third-order valence-corrected chi connectivity index (χ3v) is 6.72. The van der Waals surface area contributed by atoms with Crippen molar-refractivity contribution < 1.29 is 29.4 Å². The van der Waals surface area contributed by atoms with Crippen LogP contribution in [0.5, 0.6) is 5.75 Å². The molecule has 5 unspecified atom stereocenters. The van der Waals surface area contributed by atoms with Crippen LogP contribution in [0.15, 0.2) is 54.6 Å². The van der Waals surface area contributed by atoms with Gasteiger partial charge in [0.15, 0.2) is 0 Å². The molecule has 0 saturated carbocycles. The molecule has 3 amide bonds. The van der Waals surface area contributed by atoms with Crippen LogP contribution in [0.25, 0.3) is 0 Å². The number of carbonyl (C=O) groups excluding carboxylic acids is 3. The maximum atomic E-state index is 13.5. The van der Waals surface area contributed by atoms with Gasteiger partial charge in [0.05, 0.1) is 6.04 Å². The first-order valence-corrected chi connectivity index (χ1v) is 13.1. The lowest BCUT2D eigenvalue weighted by molar-refractivity contribution is -0.143. The number of carbonyl (C=O) groups is 4. The molecule has 212 valence electrons. The van der Waals surface area contributed by atoms with Gasteiger partial charge in [-0.25, -0.2) is 4.79 Å². The van der Waals surface area contributed by atoms with Crippen LogP contribution in [0.2, 0.25) is 0 Å². The van der Waals surface area contributed by atoms with Crippen LogP contribution < -0.4 is 21.7 Å². The number of hydrogen-bond acceptors (Lipinski definition) is 6. The molecule has 0 aliphatic rings. The minimum absolute atomic E-state index is 0.0551. The predicted octanol–water partition coefficient (Wildman–Crippen LogP) is 1.75. The van der Waals surface area contributed by atoms with Crippen molar-refractivity contribution in [3.63, 3.8) is 0 Å². The van der Waals surface area contributed by atoms with Crippen LogP contribution in [0.3, 0.4) is 0 Å². The van der Waals surface area contributed by atoms with Gasteiger partial charge in [-0.2, -0.15) is 0 Å². The van der Waals surface area contributed by atoms with Crippen LogP contribution in [0, 0.1) is 11.8 Å². The molecule has 0 radical (unpaired) electrons. The third kappa shape index (κ3) is 9.72. The fraction of sp³-hybridized carbons (Fsp3) is 0.448. The van der Waals surface area contributed by atoms with Gasteiger partial charge in [0.2, 0.25) is 17.7 Å². The number of aliphatic carboxylic acids is 1. The van der Waals surface area contributed by atoms with Crippen LogP contribution in [0.1, 0.15) is 45.2 Å². The van der Waals surface area contributed by atoms with E-state index < -0.39 is 47.9 Å². The van der Waals surface area contributed by atoms with Crippen molar-refractivity contribution in [2.45, 2.75) is 71.1 Å². The lowest BCUT2D eigenvalue weighted by Gasteiger charge is -2.27. The van der Waals surface area contributed by atoms with Gasteiger partial charge < -0.3 is 31.9 Å². The molecule has 0 spiro atoms. The molecular formula is C29H40N4O6. The first-order chi connectivity index (χ1) is 18.4. The highest BCUT2D eigenvalue weighted by Crippen LogP contribution is 2.13. The highest BCUT2D eigenvalue weighted by atomic mass is 16.4. The zero-order chi connectivity index (χ0) is 29.1. The number of rotatable bonds is 14. The Labute approximate surface area is 229 Å². The second-order valence-electron chi connectivity index (χ2n) is 10.2. The molecule has 2 aromatic rings. The molecule has 0 aromatic heterocycles. The van der Waals surface area contributed by atoms with E-state index in [2.05, 4.69) is 16.0 Å². The zero-order valence-corrected chi connectivity index (χ0v) is 22.9. The standard InChI is InChI=1S/C29H40N4O6/c1-5-18(4)25(29(38)39)33-27(36)23(15-19-9-7-6-8-10-19)31-26(35)22(32-28(37)24(30)17(2)3)16-20-11-13-21(34)14-12-20/h6-14,17-18,22-25,34H,5,15-16,30H2,1-4H3,(H,31,35)(H,32,37)(H,33,36)(H,38,39). The first-order valence-electron chi connectivity index (χ1n) is 13.1. The summed E-state index contributed by atoms with van der Waals surface area (Å²) in [5.41, 5.74) is 7.43. The normalized spacial score (nSPS) is 14.9. The summed E-state index contributed by atoms with van der Waals surface area (Å²) in [5, 5.41) is 27.3. The maximum Gasteiger partial charge on any atom is 0.326 e. The Balaban J connectivity index is 2.34. The Morgan fingerprint density at radius 2 is 1.26 bits per heavy atom. The van der Waals surface area contributed by atoms with Crippen molar-refractivity contribution >= 4 is 23.7 Å². The average molecular weight is 541 g/mol. The molecule has 0 saturated heterocycles. The fourth-order valence-corrected chi connectivity index (χ4v) is 3.92. The van der Waals surface area contributed by atoms with Gasteiger partial charge in [-0.15, -0.1) is 0 Å². The summed E-state index contributed by atoms with van der Waals surface area (Å²) >= 11 is 0. The van der Waals surface area contributed by atoms with Crippen LogP contribution >= 0.6 is 0 Å². The Kier molecular flexibility index (Phi) is 11.9. The topological polar surface area (TPSA) is 171 Å². The summed E-state index contributed by atoms with van der Waals surface area (Å²) < 4.78 is 0. The molecule has 39 heavy (non-hydrogen) atoms. The van der Waals surface area contributed by atoms with Crippen LogP contribution in [-0.4, -0.2) is 58.1 Å². The van der Waals surface area contributed by atoms with E-state index in [0.717, 1.165) is 5.56 Å².